The molecule has 1 rings (SSSR count). The number of carbonyl (C=O) groups excluding carboxylic acids is 1. The van der Waals surface area contributed by atoms with Gasteiger partial charge in [-0.1, -0.05) is 0 Å². The number of piperazine rings is 1. The van der Waals surface area contributed by atoms with Gasteiger partial charge < -0.3 is 15.4 Å². The Bertz CT molecular complexity index is 377. The predicted molar refractivity (Wildman–Crippen MR) is 67.5 cm³/mol. The van der Waals surface area contributed by atoms with Gasteiger partial charge in [-0.3, -0.25) is 4.79 Å². The standard InChI is InChI=1S/C10H21N3O4S/c1-3-18(15,16)13-6-4-12(5-7-13)10(14)9(11)8-17-2/h9H,3-8,11H2,1-2H3. The van der Waals surface area contributed by atoms with E-state index in [-0.39, 0.29) is 18.3 Å². The highest BCUT2D eigenvalue weighted by Gasteiger charge is 2.29. The number of methoxy groups -OCH3 is 1. The highest BCUT2D eigenvalue weighted by molar-refractivity contribution is 7.89. The molecule has 7 nitrogen and oxygen atoms in total. The summed E-state index contributed by atoms with van der Waals surface area (Å²) in [5.74, 6) is -0.102. The van der Waals surface area contributed by atoms with Crippen LogP contribution in [0.25, 0.3) is 0 Å². The van der Waals surface area contributed by atoms with E-state index in [0.717, 1.165) is 0 Å². The highest BCUT2D eigenvalue weighted by atomic mass is 32.2. The van der Waals surface area contributed by atoms with Gasteiger partial charge in [-0.05, 0) is 6.92 Å². The Morgan fingerprint density at radius 1 is 1.33 bits per heavy atom. The SMILES string of the molecule is CCS(=O)(=O)N1CCN(C(=O)C(N)COC)CC1. The van der Waals surface area contributed by atoms with Crippen molar-refractivity contribution in [2.24, 2.45) is 5.73 Å². The van der Waals surface area contributed by atoms with E-state index in [9.17, 15) is 13.2 Å². The number of hydrogen-bond donors (Lipinski definition) is 1. The summed E-state index contributed by atoms with van der Waals surface area (Å²) in [6, 6.07) is -0.677. The van der Waals surface area contributed by atoms with Crippen LogP contribution in [-0.4, -0.2) is 75.2 Å². The lowest BCUT2D eigenvalue weighted by molar-refractivity contribution is -0.134. The minimum atomic E-state index is -3.16. The molecule has 0 saturated carbocycles. The summed E-state index contributed by atoms with van der Waals surface area (Å²) in [5.41, 5.74) is 5.66. The zero-order valence-corrected chi connectivity index (χ0v) is 11.6. The van der Waals surface area contributed by atoms with Gasteiger partial charge in [0, 0.05) is 33.3 Å². The third-order valence-corrected chi connectivity index (χ3v) is 4.85. The van der Waals surface area contributed by atoms with E-state index < -0.39 is 16.1 Å². The Kier molecular flexibility index (Phi) is 5.51. The van der Waals surface area contributed by atoms with Crippen LogP contribution in [0, 0.1) is 0 Å². The third-order valence-electron chi connectivity index (χ3n) is 2.97. The minimum Gasteiger partial charge on any atom is -0.383 e. The highest BCUT2D eigenvalue weighted by Crippen LogP contribution is 2.08. The lowest BCUT2D eigenvalue weighted by Crippen LogP contribution is -2.55. The smallest absolute Gasteiger partial charge is 0.241 e. The fraction of sp³-hybridized carbons (Fsp3) is 0.900. The zero-order valence-electron chi connectivity index (χ0n) is 10.8. The largest absolute Gasteiger partial charge is 0.383 e. The molecule has 1 heterocycles. The summed E-state index contributed by atoms with van der Waals surface area (Å²) >= 11 is 0. The van der Waals surface area contributed by atoms with Gasteiger partial charge >= 0.3 is 0 Å². The molecule has 106 valence electrons. The molecule has 1 aliphatic heterocycles. The van der Waals surface area contributed by atoms with Crippen molar-refractivity contribution in [3.05, 3.63) is 0 Å². The summed E-state index contributed by atoms with van der Waals surface area (Å²) < 4.78 is 29.5. The van der Waals surface area contributed by atoms with Crippen LogP contribution in [-0.2, 0) is 19.6 Å². The molecule has 1 saturated heterocycles. The van der Waals surface area contributed by atoms with Gasteiger partial charge in [0.15, 0.2) is 0 Å². The van der Waals surface area contributed by atoms with Crippen LogP contribution in [0.1, 0.15) is 6.92 Å². The van der Waals surface area contributed by atoms with Crippen LogP contribution in [0.4, 0.5) is 0 Å². The molecular formula is C10H21N3O4S. The fourth-order valence-electron chi connectivity index (χ4n) is 1.85. The summed E-state index contributed by atoms with van der Waals surface area (Å²) in [4.78, 5) is 13.5. The molecule has 1 atom stereocenters. The fourth-order valence-corrected chi connectivity index (χ4v) is 2.94. The first-order chi connectivity index (χ1) is 8.42. The number of nitrogens with zero attached hydrogens (tertiary/aromatic N) is 2. The second kappa shape index (κ2) is 6.46. The minimum absolute atomic E-state index is 0.0874. The molecule has 1 unspecified atom stereocenters. The molecule has 18 heavy (non-hydrogen) atoms. The van der Waals surface area contributed by atoms with Gasteiger partial charge in [0.25, 0.3) is 0 Å². The first kappa shape index (κ1) is 15.4. The summed E-state index contributed by atoms with van der Waals surface area (Å²) in [5, 5.41) is 0. The zero-order chi connectivity index (χ0) is 13.8. The maximum atomic E-state index is 11.9. The number of rotatable bonds is 5. The maximum Gasteiger partial charge on any atom is 0.241 e. The van der Waals surface area contributed by atoms with Crippen molar-refractivity contribution in [2.45, 2.75) is 13.0 Å². The molecule has 1 fully saturated rings. The lowest BCUT2D eigenvalue weighted by Gasteiger charge is -2.34. The average molecular weight is 279 g/mol. The van der Waals surface area contributed by atoms with Gasteiger partial charge in [-0.2, -0.15) is 4.31 Å². The maximum absolute atomic E-state index is 11.9. The van der Waals surface area contributed by atoms with E-state index >= 15 is 0 Å². The average Bonchev–Trinajstić information content (AvgIpc) is 2.38. The van der Waals surface area contributed by atoms with Gasteiger partial charge in [0.05, 0.1) is 12.4 Å². The topological polar surface area (TPSA) is 92.9 Å². The normalized spacial score (nSPS) is 19.8. The van der Waals surface area contributed by atoms with Crippen LogP contribution in [0.2, 0.25) is 0 Å². The number of sulfonamides is 1. The Hall–Kier alpha value is -0.700. The Morgan fingerprint density at radius 2 is 1.89 bits per heavy atom. The van der Waals surface area contributed by atoms with E-state index in [1.807, 2.05) is 0 Å². The number of amides is 1. The van der Waals surface area contributed by atoms with Crippen molar-refractivity contribution in [1.82, 2.24) is 9.21 Å². The summed E-state index contributed by atoms with van der Waals surface area (Å²) in [6.07, 6.45) is 0. The van der Waals surface area contributed by atoms with Crippen molar-refractivity contribution < 1.29 is 17.9 Å². The molecule has 0 spiro atoms. The van der Waals surface area contributed by atoms with Crippen molar-refractivity contribution in [2.75, 3.05) is 45.6 Å². The summed E-state index contributed by atoms with van der Waals surface area (Å²) in [7, 11) is -1.68. The second-order valence-electron chi connectivity index (χ2n) is 4.19. The van der Waals surface area contributed by atoms with Gasteiger partial charge in [-0.15, -0.1) is 0 Å². The first-order valence-electron chi connectivity index (χ1n) is 5.93. The monoisotopic (exact) mass is 279 g/mol. The quantitative estimate of drug-likeness (QED) is 0.658. The molecule has 2 N–H and O–H groups in total. The van der Waals surface area contributed by atoms with Gasteiger partial charge in [0.2, 0.25) is 15.9 Å². The Labute approximate surface area is 108 Å². The number of ether oxygens (including phenoxy) is 1. The number of carbonyl (C=O) groups is 1. The molecule has 1 amide bonds. The van der Waals surface area contributed by atoms with Crippen LogP contribution in [0.3, 0.4) is 0 Å². The molecule has 0 aromatic heterocycles. The summed E-state index contributed by atoms with van der Waals surface area (Å²) in [6.45, 7) is 3.22. The first-order valence-corrected chi connectivity index (χ1v) is 7.54. The molecule has 0 bridgehead atoms. The number of hydrogen-bond acceptors (Lipinski definition) is 5. The predicted octanol–water partition coefficient (Wildman–Crippen LogP) is -1.55. The van der Waals surface area contributed by atoms with E-state index in [0.29, 0.717) is 26.2 Å². The van der Waals surface area contributed by atoms with Crippen LogP contribution in [0.5, 0.6) is 0 Å². The number of nitrogens with two attached hydrogens (primary N) is 1. The van der Waals surface area contributed by atoms with Gasteiger partial charge in [0.1, 0.15) is 6.04 Å². The van der Waals surface area contributed by atoms with E-state index in [1.54, 1.807) is 11.8 Å². The lowest BCUT2D eigenvalue weighted by atomic mass is 10.2. The Morgan fingerprint density at radius 3 is 2.33 bits per heavy atom. The van der Waals surface area contributed by atoms with Gasteiger partial charge in [-0.25, -0.2) is 8.42 Å². The van der Waals surface area contributed by atoms with E-state index in [4.69, 9.17) is 10.5 Å². The molecule has 0 aromatic rings. The third kappa shape index (κ3) is 3.64. The molecule has 0 aliphatic carbocycles. The van der Waals surface area contributed by atoms with Crippen molar-refractivity contribution in [1.29, 1.82) is 0 Å². The molecule has 1 aliphatic rings. The van der Waals surface area contributed by atoms with E-state index in [2.05, 4.69) is 0 Å². The van der Waals surface area contributed by atoms with Crippen LogP contribution < -0.4 is 5.73 Å². The van der Waals surface area contributed by atoms with Crippen LogP contribution >= 0.6 is 0 Å². The van der Waals surface area contributed by atoms with E-state index in [1.165, 1.54) is 11.4 Å². The van der Waals surface area contributed by atoms with Crippen molar-refractivity contribution in [3.8, 4) is 0 Å². The molecule has 8 heteroatoms. The Balaban J connectivity index is 2.52. The molecule has 0 aromatic carbocycles. The molecule has 0 radical (unpaired) electrons. The molecular weight excluding hydrogens is 258 g/mol. The second-order valence-corrected chi connectivity index (χ2v) is 6.44. The van der Waals surface area contributed by atoms with Crippen LogP contribution in [0.15, 0.2) is 0 Å². The van der Waals surface area contributed by atoms with Crippen molar-refractivity contribution in [3.63, 3.8) is 0 Å². The van der Waals surface area contributed by atoms with Crippen molar-refractivity contribution >= 4 is 15.9 Å².